The van der Waals surface area contributed by atoms with Crippen LogP contribution in [-0.2, 0) is 4.79 Å². The van der Waals surface area contributed by atoms with E-state index in [0.717, 1.165) is 13.0 Å². The zero-order valence-corrected chi connectivity index (χ0v) is 12.0. The van der Waals surface area contributed by atoms with Gasteiger partial charge in [-0.3, -0.25) is 4.79 Å². The van der Waals surface area contributed by atoms with Crippen LogP contribution in [0.3, 0.4) is 0 Å². The third-order valence-electron chi connectivity index (χ3n) is 4.18. The summed E-state index contributed by atoms with van der Waals surface area (Å²) in [5.74, 6) is -0.0414. The van der Waals surface area contributed by atoms with Crippen molar-refractivity contribution in [3.05, 3.63) is 0 Å². The van der Waals surface area contributed by atoms with Crippen LogP contribution >= 0.6 is 0 Å². The molecular weight excluding hydrogens is 226 g/mol. The molecule has 18 heavy (non-hydrogen) atoms. The molecule has 0 aromatic heterocycles. The van der Waals surface area contributed by atoms with Gasteiger partial charge in [0.05, 0.1) is 0 Å². The van der Waals surface area contributed by atoms with Crippen molar-refractivity contribution in [3.63, 3.8) is 0 Å². The van der Waals surface area contributed by atoms with E-state index >= 15 is 0 Å². The van der Waals surface area contributed by atoms with E-state index in [-0.39, 0.29) is 0 Å². The van der Waals surface area contributed by atoms with Gasteiger partial charge in [-0.15, -0.1) is 0 Å². The van der Waals surface area contributed by atoms with Crippen LogP contribution in [0.5, 0.6) is 0 Å². The summed E-state index contributed by atoms with van der Waals surface area (Å²) < 4.78 is 0. The maximum atomic E-state index is 10.6. The standard InChI is InChI=1S/C15H29NO2/c1-3-4-5-6-7-13(2)16-11-10-14(12-16)8-9-15(17)18/h13-14H,3-12H2,1-2H3,(H,17,18). The van der Waals surface area contributed by atoms with Crippen molar-refractivity contribution in [1.82, 2.24) is 4.90 Å². The van der Waals surface area contributed by atoms with Gasteiger partial charge in [-0.25, -0.2) is 0 Å². The van der Waals surface area contributed by atoms with Crippen molar-refractivity contribution < 1.29 is 9.90 Å². The highest BCUT2D eigenvalue weighted by atomic mass is 16.4. The highest BCUT2D eigenvalue weighted by Crippen LogP contribution is 2.24. The quantitative estimate of drug-likeness (QED) is 0.641. The van der Waals surface area contributed by atoms with Crippen LogP contribution in [-0.4, -0.2) is 35.1 Å². The Bertz CT molecular complexity index is 243. The Balaban J connectivity index is 2.13. The molecule has 1 heterocycles. The van der Waals surface area contributed by atoms with E-state index < -0.39 is 5.97 Å². The van der Waals surface area contributed by atoms with Crippen molar-refractivity contribution in [2.45, 2.75) is 71.3 Å². The van der Waals surface area contributed by atoms with Crippen LogP contribution in [0, 0.1) is 5.92 Å². The Morgan fingerprint density at radius 2 is 2.17 bits per heavy atom. The van der Waals surface area contributed by atoms with Gasteiger partial charge in [0.2, 0.25) is 0 Å². The molecule has 0 saturated carbocycles. The lowest BCUT2D eigenvalue weighted by molar-refractivity contribution is -0.137. The minimum Gasteiger partial charge on any atom is -0.481 e. The Morgan fingerprint density at radius 1 is 1.39 bits per heavy atom. The first kappa shape index (κ1) is 15.5. The zero-order valence-electron chi connectivity index (χ0n) is 12.0. The minimum atomic E-state index is -0.652. The molecule has 0 radical (unpaired) electrons. The summed E-state index contributed by atoms with van der Waals surface area (Å²) in [6.45, 7) is 6.85. The van der Waals surface area contributed by atoms with Gasteiger partial charge < -0.3 is 10.0 Å². The average molecular weight is 255 g/mol. The molecule has 0 aliphatic carbocycles. The molecule has 1 aliphatic rings. The number of likely N-dealkylation sites (tertiary alicyclic amines) is 1. The van der Waals surface area contributed by atoms with E-state index in [0.29, 0.717) is 18.4 Å². The predicted molar refractivity (Wildman–Crippen MR) is 74.8 cm³/mol. The van der Waals surface area contributed by atoms with E-state index in [4.69, 9.17) is 5.11 Å². The molecule has 0 bridgehead atoms. The largest absolute Gasteiger partial charge is 0.481 e. The molecule has 3 heteroatoms. The fourth-order valence-corrected chi connectivity index (χ4v) is 2.88. The molecule has 2 atom stereocenters. The van der Waals surface area contributed by atoms with Crippen LogP contribution in [0.1, 0.15) is 65.2 Å². The number of carboxylic acid groups (broad SMARTS) is 1. The minimum absolute atomic E-state index is 0.337. The normalized spacial score (nSPS) is 22.2. The monoisotopic (exact) mass is 255 g/mol. The van der Waals surface area contributed by atoms with Crippen LogP contribution in [0.25, 0.3) is 0 Å². The molecule has 1 saturated heterocycles. The molecule has 0 aromatic rings. The number of aliphatic carboxylic acids is 1. The molecule has 1 aliphatic heterocycles. The third-order valence-corrected chi connectivity index (χ3v) is 4.18. The van der Waals surface area contributed by atoms with Gasteiger partial charge in [-0.05, 0) is 38.6 Å². The molecular formula is C15H29NO2. The SMILES string of the molecule is CCCCCCC(C)N1CCC(CCC(=O)O)C1. The third kappa shape index (κ3) is 5.85. The summed E-state index contributed by atoms with van der Waals surface area (Å²) in [7, 11) is 0. The summed E-state index contributed by atoms with van der Waals surface area (Å²) >= 11 is 0. The molecule has 2 unspecified atom stereocenters. The molecule has 106 valence electrons. The van der Waals surface area contributed by atoms with E-state index in [1.807, 2.05) is 0 Å². The van der Waals surface area contributed by atoms with Crippen molar-refractivity contribution >= 4 is 5.97 Å². The Labute approximate surface area is 112 Å². The van der Waals surface area contributed by atoms with Gasteiger partial charge in [0.25, 0.3) is 0 Å². The van der Waals surface area contributed by atoms with E-state index in [2.05, 4.69) is 18.7 Å². The lowest BCUT2D eigenvalue weighted by Gasteiger charge is -2.24. The van der Waals surface area contributed by atoms with Crippen molar-refractivity contribution in [3.8, 4) is 0 Å². The molecule has 1 rings (SSSR count). The summed E-state index contributed by atoms with van der Waals surface area (Å²) in [5, 5.41) is 8.70. The van der Waals surface area contributed by atoms with E-state index in [1.54, 1.807) is 0 Å². The molecule has 0 amide bonds. The van der Waals surface area contributed by atoms with Crippen molar-refractivity contribution in [1.29, 1.82) is 0 Å². The highest BCUT2D eigenvalue weighted by molar-refractivity contribution is 5.66. The fraction of sp³-hybridized carbons (Fsp3) is 0.933. The topological polar surface area (TPSA) is 40.5 Å². The maximum Gasteiger partial charge on any atom is 0.303 e. The maximum absolute atomic E-state index is 10.6. The lowest BCUT2D eigenvalue weighted by Crippen LogP contribution is -2.30. The van der Waals surface area contributed by atoms with E-state index in [9.17, 15) is 4.79 Å². The van der Waals surface area contributed by atoms with E-state index in [1.165, 1.54) is 45.1 Å². The number of hydrogen-bond acceptors (Lipinski definition) is 2. The number of unbranched alkanes of at least 4 members (excludes halogenated alkanes) is 3. The second-order valence-electron chi connectivity index (χ2n) is 5.78. The van der Waals surface area contributed by atoms with Crippen LogP contribution in [0.15, 0.2) is 0 Å². The molecule has 3 nitrogen and oxygen atoms in total. The highest BCUT2D eigenvalue weighted by Gasteiger charge is 2.25. The van der Waals surface area contributed by atoms with Gasteiger partial charge in [0, 0.05) is 19.0 Å². The number of nitrogens with zero attached hydrogens (tertiary/aromatic N) is 1. The lowest BCUT2D eigenvalue weighted by atomic mass is 10.0. The Hall–Kier alpha value is -0.570. The zero-order chi connectivity index (χ0) is 13.4. The summed E-state index contributed by atoms with van der Waals surface area (Å²) in [6.07, 6.45) is 9.03. The Kier molecular flexibility index (Phi) is 7.33. The van der Waals surface area contributed by atoms with Gasteiger partial charge >= 0.3 is 5.97 Å². The van der Waals surface area contributed by atoms with Gasteiger partial charge in [0.1, 0.15) is 0 Å². The number of carbonyl (C=O) groups is 1. The summed E-state index contributed by atoms with van der Waals surface area (Å²) in [4.78, 5) is 13.1. The second kappa shape index (κ2) is 8.52. The fourth-order valence-electron chi connectivity index (χ4n) is 2.88. The first-order valence-electron chi connectivity index (χ1n) is 7.59. The van der Waals surface area contributed by atoms with Crippen molar-refractivity contribution in [2.75, 3.05) is 13.1 Å². The van der Waals surface area contributed by atoms with Crippen molar-refractivity contribution in [2.24, 2.45) is 5.92 Å². The first-order valence-corrected chi connectivity index (χ1v) is 7.59. The van der Waals surface area contributed by atoms with Crippen LogP contribution in [0.2, 0.25) is 0 Å². The molecule has 0 spiro atoms. The Morgan fingerprint density at radius 3 is 2.83 bits per heavy atom. The molecule has 1 fully saturated rings. The van der Waals surface area contributed by atoms with Crippen LogP contribution in [0.4, 0.5) is 0 Å². The number of carboxylic acids is 1. The molecule has 1 N–H and O–H groups in total. The second-order valence-corrected chi connectivity index (χ2v) is 5.78. The first-order chi connectivity index (χ1) is 8.63. The smallest absolute Gasteiger partial charge is 0.303 e. The van der Waals surface area contributed by atoms with Gasteiger partial charge in [-0.1, -0.05) is 32.6 Å². The summed E-state index contributed by atoms with van der Waals surface area (Å²) in [6, 6.07) is 0.677. The average Bonchev–Trinajstić information content (AvgIpc) is 2.80. The van der Waals surface area contributed by atoms with Gasteiger partial charge in [0.15, 0.2) is 0 Å². The van der Waals surface area contributed by atoms with Gasteiger partial charge in [-0.2, -0.15) is 0 Å². The number of rotatable bonds is 9. The predicted octanol–water partition coefficient (Wildman–Crippen LogP) is 3.53. The van der Waals surface area contributed by atoms with Crippen LogP contribution < -0.4 is 0 Å². The summed E-state index contributed by atoms with van der Waals surface area (Å²) in [5.41, 5.74) is 0. The number of hydrogen-bond donors (Lipinski definition) is 1. The molecule has 0 aromatic carbocycles.